The van der Waals surface area contributed by atoms with Gasteiger partial charge in [-0.1, -0.05) is 48.5 Å². The SMILES string of the molecule is O=C([O-])c1ccccc1.O=C([O-])c1ccccc1C(=O)O.[Na+].[Na+]. The molecule has 0 fully saturated rings. The van der Waals surface area contributed by atoms with E-state index in [1.165, 1.54) is 36.4 Å². The van der Waals surface area contributed by atoms with E-state index in [9.17, 15) is 24.6 Å². The molecule has 2 rings (SSSR count). The molecule has 2 aromatic carbocycles. The van der Waals surface area contributed by atoms with Crippen molar-refractivity contribution in [3.8, 4) is 0 Å². The summed E-state index contributed by atoms with van der Waals surface area (Å²) in [4.78, 5) is 30.9. The largest absolute Gasteiger partial charge is 1.00 e. The molecule has 0 heterocycles. The number of carbonyl (C=O) groups excluding carboxylic acids is 2. The minimum absolute atomic E-state index is 0. The summed E-state index contributed by atoms with van der Waals surface area (Å²) in [5.41, 5.74) is -0.333. The Balaban J connectivity index is 0. The maximum Gasteiger partial charge on any atom is 1.00 e. The Bertz CT molecular complexity index is 625. The third-order valence-corrected chi connectivity index (χ3v) is 2.39. The summed E-state index contributed by atoms with van der Waals surface area (Å²) in [6.07, 6.45) is 0. The number of carbonyl (C=O) groups is 3. The van der Waals surface area contributed by atoms with Crippen molar-refractivity contribution >= 4 is 17.9 Å². The molecule has 0 amide bonds. The van der Waals surface area contributed by atoms with Gasteiger partial charge >= 0.3 is 65.1 Å². The Labute approximate surface area is 176 Å². The second kappa shape index (κ2) is 12.3. The van der Waals surface area contributed by atoms with Crippen LogP contribution in [-0.2, 0) is 0 Å². The third kappa shape index (κ3) is 8.31. The topological polar surface area (TPSA) is 118 Å². The number of hydrogen-bond donors (Lipinski definition) is 1. The van der Waals surface area contributed by atoms with E-state index in [1.54, 1.807) is 18.2 Å². The Morgan fingerprint density at radius 2 is 1.13 bits per heavy atom. The van der Waals surface area contributed by atoms with Crippen molar-refractivity contribution in [2.75, 3.05) is 0 Å². The maximum absolute atomic E-state index is 10.4. The van der Waals surface area contributed by atoms with Crippen LogP contribution in [0.5, 0.6) is 0 Å². The molecule has 0 aromatic heterocycles. The quantitative estimate of drug-likeness (QED) is 0.559. The number of rotatable bonds is 3. The third-order valence-electron chi connectivity index (χ3n) is 2.39. The second-order valence-corrected chi connectivity index (χ2v) is 3.79. The van der Waals surface area contributed by atoms with Crippen LogP contribution in [0.3, 0.4) is 0 Å². The Morgan fingerprint density at radius 3 is 1.43 bits per heavy atom. The molecule has 0 atom stereocenters. The summed E-state index contributed by atoms with van der Waals surface area (Å²) in [6.45, 7) is 0. The number of benzene rings is 2. The maximum atomic E-state index is 10.4. The molecular weight excluding hydrogens is 322 g/mol. The summed E-state index contributed by atoms with van der Waals surface area (Å²) in [5.74, 6) is -3.88. The average molecular weight is 332 g/mol. The van der Waals surface area contributed by atoms with Crippen LogP contribution < -0.4 is 69.3 Å². The predicted molar refractivity (Wildman–Crippen MR) is 68.5 cm³/mol. The summed E-state index contributed by atoms with van der Waals surface area (Å²) < 4.78 is 0. The average Bonchev–Trinajstić information content (AvgIpc) is 2.48. The van der Waals surface area contributed by atoms with Crippen molar-refractivity contribution in [1.82, 2.24) is 0 Å². The molecule has 0 aliphatic carbocycles. The van der Waals surface area contributed by atoms with Crippen molar-refractivity contribution in [1.29, 1.82) is 0 Å². The smallest absolute Gasteiger partial charge is 0.545 e. The minimum Gasteiger partial charge on any atom is -0.545 e. The molecule has 8 heteroatoms. The van der Waals surface area contributed by atoms with Crippen molar-refractivity contribution in [3.05, 3.63) is 71.3 Å². The molecule has 0 saturated carbocycles. The second-order valence-electron chi connectivity index (χ2n) is 3.79. The summed E-state index contributed by atoms with van der Waals surface area (Å²) >= 11 is 0. The van der Waals surface area contributed by atoms with E-state index in [0.717, 1.165) is 0 Å². The van der Waals surface area contributed by atoms with E-state index in [-0.39, 0.29) is 75.8 Å². The molecule has 0 aliphatic rings. The first-order valence-corrected chi connectivity index (χ1v) is 5.73. The van der Waals surface area contributed by atoms with E-state index in [4.69, 9.17) is 5.11 Å². The molecule has 0 spiro atoms. The first kappa shape index (κ1) is 24.1. The van der Waals surface area contributed by atoms with Crippen LogP contribution in [0.15, 0.2) is 54.6 Å². The molecular formula is C15H10Na2O6. The van der Waals surface area contributed by atoms with Gasteiger partial charge in [0.05, 0.1) is 17.5 Å². The molecule has 2 aromatic rings. The van der Waals surface area contributed by atoms with E-state index in [0.29, 0.717) is 0 Å². The monoisotopic (exact) mass is 332 g/mol. The van der Waals surface area contributed by atoms with Gasteiger partial charge in [-0.25, -0.2) is 4.79 Å². The van der Waals surface area contributed by atoms with Crippen LogP contribution in [0, 0.1) is 0 Å². The molecule has 108 valence electrons. The zero-order chi connectivity index (χ0) is 15.8. The molecule has 0 bridgehead atoms. The Hall–Kier alpha value is -1.15. The predicted octanol–water partition coefficient (Wildman–Crippen LogP) is -6.19. The fourth-order valence-corrected chi connectivity index (χ4v) is 1.42. The van der Waals surface area contributed by atoms with Gasteiger partial charge in [-0.15, -0.1) is 0 Å². The van der Waals surface area contributed by atoms with Crippen LogP contribution >= 0.6 is 0 Å². The summed E-state index contributed by atoms with van der Waals surface area (Å²) in [7, 11) is 0. The van der Waals surface area contributed by atoms with Gasteiger partial charge in [0.1, 0.15) is 0 Å². The van der Waals surface area contributed by atoms with Gasteiger partial charge in [-0.2, -0.15) is 0 Å². The molecule has 1 N–H and O–H groups in total. The van der Waals surface area contributed by atoms with Gasteiger partial charge < -0.3 is 24.9 Å². The van der Waals surface area contributed by atoms with Crippen LogP contribution in [0.2, 0.25) is 0 Å². The van der Waals surface area contributed by atoms with E-state index in [1.807, 2.05) is 0 Å². The normalized spacial score (nSPS) is 8.35. The fraction of sp³-hybridized carbons (Fsp3) is 0. The zero-order valence-corrected chi connectivity index (χ0v) is 16.7. The van der Waals surface area contributed by atoms with E-state index < -0.39 is 17.9 Å². The van der Waals surface area contributed by atoms with Gasteiger partial charge in [0.15, 0.2) is 0 Å². The van der Waals surface area contributed by atoms with Crippen LogP contribution in [0.4, 0.5) is 0 Å². The standard InChI is InChI=1S/C8H6O4.C7H6O2.2Na/c9-7(10)5-3-1-2-4-6(5)8(11)12;8-7(9)6-4-2-1-3-5-6;;/h1-4H,(H,9,10)(H,11,12);1-5H,(H,8,9);;/q;;2*+1/p-2. The van der Waals surface area contributed by atoms with Crippen LogP contribution in [0.25, 0.3) is 0 Å². The number of carboxylic acid groups (broad SMARTS) is 3. The first-order chi connectivity index (χ1) is 9.93. The number of hydrogen-bond acceptors (Lipinski definition) is 5. The van der Waals surface area contributed by atoms with Gasteiger partial charge in [0.25, 0.3) is 0 Å². The van der Waals surface area contributed by atoms with Crippen molar-refractivity contribution < 1.29 is 88.8 Å². The van der Waals surface area contributed by atoms with Crippen LogP contribution in [0.1, 0.15) is 31.1 Å². The van der Waals surface area contributed by atoms with Crippen molar-refractivity contribution in [2.45, 2.75) is 0 Å². The fourth-order valence-electron chi connectivity index (χ4n) is 1.42. The summed E-state index contributed by atoms with van der Waals surface area (Å²) in [5, 5.41) is 29.0. The van der Waals surface area contributed by atoms with Gasteiger partial charge in [-0.3, -0.25) is 0 Å². The van der Waals surface area contributed by atoms with E-state index >= 15 is 0 Å². The van der Waals surface area contributed by atoms with Gasteiger partial charge in [-0.05, 0) is 11.6 Å². The van der Waals surface area contributed by atoms with Crippen molar-refractivity contribution in [3.63, 3.8) is 0 Å². The molecule has 0 saturated heterocycles. The summed E-state index contributed by atoms with van der Waals surface area (Å²) in [6, 6.07) is 13.4. The van der Waals surface area contributed by atoms with Crippen LogP contribution in [-0.4, -0.2) is 23.0 Å². The number of carboxylic acids is 3. The van der Waals surface area contributed by atoms with Crippen molar-refractivity contribution in [2.24, 2.45) is 0 Å². The molecule has 6 nitrogen and oxygen atoms in total. The molecule has 0 unspecified atom stereocenters. The first-order valence-electron chi connectivity index (χ1n) is 5.73. The Kier molecular flexibility index (Phi) is 12.9. The van der Waals surface area contributed by atoms with E-state index in [2.05, 4.69) is 0 Å². The van der Waals surface area contributed by atoms with Gasteiger partial charge in [0, 0.05) is 5.56 Å². The zero-order valence-electron chi connectivity index (χ0n) is 12.7. The molecule has 0 aliphatic heterocycles. The molecule has 23 heavy (non-hydrogen) atoms. The molecule has 0 radical (unpaired) electrons. The van der Waals surface area contributed by atoms with Gasteiger partial charge in [0.2, 0.25) is 0 Å². The Morgan fingerprint density at radius 1 is 0.696 bits per heavy atom. The number of aromatic carboxylic acids is 3. The minimum atomic E-state index is -1.48.